The Balaban J connectivity index is 1.42. The van der Waals surface area contributed by atoms with Gasteiger partial charge < -0.3 is 15.2 Å². The van der Waals surface area contributed by atoms with E-state index in [1.807, 2.05) is 50.4 Å². The molecule has 7 heteroatoms. The van der Waals surface area contributed by atoms with Crippen LogP contribution < -0.4 is 10.6 Å². The molecule has 1 aliphatic carbocycles. The summed E-state index contributed by atoms with van der Waals surface area (Å²) in [5, 5.41) is 14.0. The first kappa shape index (κ1) is 19.8. The van der Waals surface area contributed by atoms with Crippen LogP contribution in [0.3, 0.4) is 0 Å². The number of carbonyl (C=O) groups is 2. The van der Waals surface area contributed by atoms with Crippen molar-refractivity contribution in [1.82, 2.24) is 25.4 Å². The van der Waals surface area contributed by atoms with Crippen LogP contribution in [-0.2, 0) is 16.6 Å². The van der Waals surface area contributed by atoms with E-state index < -0.39 is 0 Å². The van der Waals surface area contributed by atoms with Crippen molar-refractivity contribution < 1.29 is 9.59 Å². The first-order chi connectivity index (χ1) is 13.5. The van der Waals surface area contributed by atoms with Gasteiger partial charge in [-0.05, 0) is 44.2 Å². The molecule has 2 aromatic rings. The first-order valence-corrected chi connectivity index (χ1v) is 9.71. The number of hydrogen-bond acceptors (Lipinski definition) is 4. The van der Waals surface area contributed by atoms with Crippen LogP contribution in [0.1, 0.15) is 50.0 Å². The second kappa shape index (κ2) is 9.30. The topological polar surface area (TPSA) is 88.9 Å². The fourth-order valence-corrected chi connectivity index (χ4v) is 3.57. The lowest BCUT2D eigenvalue weighted by molar-refractivity contribution is -0.126. The summed E-state index contributed by atoms with van der Waals surface area (Å²) in [6.07, 6.45) is 8.15. The zero-order valence-electron chi connectivity index (χ0n) is 16.3. The van der Waals surface area contributed by atoms with Crippen molar-refractivity contribution in [3.8, 4) is 0 Å². The van der Waals surface area contributed by atoms with Crippen LogP contribution in [0.25, 0.3) is 6.08 Å². The smallest absolute Gasteiger partial charge is 0.244 e. The minimum Gasteiger partial charge on any atom is -0.350 e. The third-order valence-electron chi connectivity index (χ3n) is 5.16. The molecule has 0 aliphatic heterocycles. The molecule has 1 fully saturated rings. The number of carbonyl (C=O) groups excluding carboxylic acids is 2. The van der Waals surface area contributed by atoms with Crippen molar-refractivity contribution in [2.75, 3.05) is 0 Å². The van der Waals surface area contributed by atoms with Gasteiger partial charge in [-0.25, -0.2) is 0 Å². The van der Waals surface area contributed by atoms with Crippen LogP contribution in [-0.4, -0.2) is 32.6 Å². The predicted molar refractivity (Wildman–Crippen MR) is 107 cm³/mol. The summed E-state index contributed by atoms with van der Waals surface area (Å²) in [6, 6.07) is 9.67. The lowest BCUT2D eigenvalue weighted by Gasteiger charge is -2.28. The van der Waals surface area contributed by atoms with Gasteiger partial charge in [0, 0.05) is 25.1 Å². The number of nitrogens with one attached hydrogen (secondary N) is 2. The van der Waals surface area contributed by atoms with Gasteiger partial charge in [0.2, 0.25) is 11.8 Å². The van der Waals surface area contributed by atoms with Crippen LogP contribution in [0.2, 0.25) is 0 Å². The van der Waals surface area contributed by atoms with Gasteiger partial charge >= 0.3 is 0 Å². The number of nitrogens with zero attached hydrogens (tertiary/aromatic N) is 3. The van der Waals surface area contributed by atoms with Gasteiger partial charge in [-0.15, -0.1) is 10.2 Å². The molecule has 3 rings (SSSR count). The Morgan fingerprint density at radius 2 is 1.89 bits per heavy atom. The molecule has 1 unspecified atom stereocenters. The monoisotopic (exact) mass is 381 g/mol. The molecule has 1 aromatic carbocycles. The Kier molecular flexibility index (Phi) is 6.57. The number of aryl methyl sites for hydroxylation is 1. The number of hydrogen-bond donors (Lipinski definition) is 2. The maximum Gasteiger partial charge on any atom is 0.244 e. The Morgan fingerprint density at radius 1 is 1.18 bits per heavy atom. The molecule has 1 aromatic heterocycles. The highest BCUT2D eigenvalue weighted by molar-refractivity contribution is 5.91. The zero-order valence-corrected chi connectivity index (χ0v) is 16.3. The van der Waals surface area contributed by atoms with Gasteiger partial charge in [-0.2, -0.15) is 0 Å². The highest BCUT2D eigenvalue weighted by Crippen LogP contribution is 2.25. The third kappa shape index (κ3) is 5.28. The molecule has 0 saturated heterocycles. The second-order valence-electron chi connectivity index (χ2n) is 7.33. The molecule has 7 nitrogen and oxygen atoms in total. The summed E-state index contributed by atoms with van der Waals surface area (Å²) in [5.41, 5.74) is 0.995. The molecule has 1 saturated carbocycles. The van der Waals surface area contributed by atoms with E-state index in [-0.39, 0.29) is 29.8 Å². The molecule has 0 spiro atoms. The van der Waals surface area contributed by atoms with E-state index in [2.05, 4.69) is 20.8 Å². The van der Waals surface area contributed by atoms with E-state index in [1.165, 1.54) is 0 Å². The van der Waals surface area contributed by atoms with Gasteiger partial charge in [0.05, 0.1) is 6.04 Å². The fourth-order valence-electron chi connectivity index (χ4n) is 3.57. The second-order valence-corrected chi connectivity index (χ2v) is 7.33. The van der Waals surface area contributed by atoms with Crippen LogP contribution in [0.5, 0.6) is 0 Å². The van der Waals surface area contributed by atoms with Gasteiger partial charge in [0.15, 0.2) is 5.82 Å². The van der Waals surface area contributed by atoms with Crippen molar-refractivity contribution in [1.29, 1.82) is 0 Å². The quantitative estimate of drug-likeness (QED) is 0.752. The summed E-state index contributed by atoms with van der Waals surface area (Å²) >= 11 is 0. The van der Waals surface area contributed by atoms with Crippen LogP contribution in [0, 0.1) is 5.92 Å². The minimum atomic E-state index is -0.180. The zero-order chi connectivity index (χ0) is 19.9. The molecule has 28 heavy (non-hydrogen) atoms. The molecule has 0 bridgehead atoms. The average Bonchev–Trinajstić information content (AvgIpc) is 3.14. The van der Waals surface area contributed by atoms with E-state index >= 15 is 0 Å². The van der Waals surface area contributed by atoms with Crippen molar-refractivity contribution in [3.05, 3.63) is 54.1 Å². The molecule has 148 valence electrons. The highest BCUT2D eigenvalue weighted by atomic mass is 16.2. The summed E-state index contributed by atoms with van der Waals surface area (Å²) in [5.74, 6) is 0.667. The maximum absolute atomic E-state index is 12.5. The van der Waals surface area contributed by atoms with Gasteiger partial charge in [0.1, 0.15) is 6.33 Å². The number of aromatic nitrogens is 3. The van der Waals surface area contributed by atoms with Crippen molar-refractivity contribution in [3.63, 3.8) is 0 Å². The Morgan fingerprint density at radius 3 is 2.54 bits per heavy atom. The van der Waals surface area contributed by atoms with Crippen molar-refractivity contribution in [2.45, 2.75) is 44.7 Å². The molecule has 1 aliphatic rings. The van der Waals surface area contributed by atoms with E-state index in [1.54, 1.807) is 17.0 Å². The van der Waals surface area contributed by atoms with E-state index in [0.29, 0.717) is 0 Å². The molecule has 2 amide bonds. The minimum absolute atomic E-state index is 0.0244. The van der Waals surface area contributed by atoms with Crippen LogP contribution >= 0.6 is 0 Å². The number of benzene rings is 1. The molecular weight excluding hydrogens is 354 g/mol. The molecule has 2 N–H and O–H groups in total. The Labute approximate surface area is 165 Å². The molecule has 1 atom stereocenters. The van der Waals surface area contributed by atoms with Crippen LogP contribution in [0.15, 0.2) is 42.7 Å². The molecule has 1 heterocycles. The fraction of sp³-hybridized carbons (Fsp3) is 0.429. The van der Waals surface area contributed by atoms with E-state index in [9.17, 15) is 9.59 Å². The van der Waals surface area contributed by atoms with Crippen molar-refractivity contribution >= 4 is 17.9 Å². The third-order valence-corrected chi connectivity index (χ3v) is 5.16. The summed E-state index contributed by atoms with van der Waals surface area (Å²) in [6.45, 7) is 1.91. The summed E-state index contributed by atoms with van der Waals surface area (Å²) in [4.78, 5) is 24.7. The first-order valence-electron chi connectivity index (χ1n) is 9.71. The standard InChI is InChI=1S/C21H27N5O2/c1-15(20-25-22-14-26(20)2)23-21(28)17-9-11-18(12-10-17)24-19(27)13-8-16-6-4-3-5-7-16/h3-8,13-15,17-18H,9-12H2,1-2H3,(H,23,28)(H,24,27)/b13-8+. The highest BCUT2D eigenvalue weighted by Gasteiger charge is 2.28. The van der Waals surface area contributed by atoms with Crippen molar-refractivity contribution in [2.24, 2.45) is 13.0 Å². The Hall–Kier alpha value is -2.96. The SMILES string of the molecule is CC(NC(=O)C1CCC(NC(=O)/C=C/c2ccccc2)CC1)c1nncn1C. The van der Waals surface area contributed by atoms with Gasteiger partial charge in [-0.1, -0.05) is 30.3 Å². The van der Waals surface area contributed by atoms with Gasteiger partial charge in [-0.3, -0.25) is 9.59 Å². The lowest BCUT2D eigenvalue weighted by Crippen LogP contribution is -2.41. The summed E-state index contributed by atoms with van der Waals surface area (Å²) < 4.78 is 1.81. The molecule has 0 radical (unpaired) electrons. The van der Waals surface area contributed by atoms with E-state index in [0.717, 1.165) is 37.1 Å². The Bertz CT molecular complexity index is 822. The summed E-state index contributed by atoms with van der Waals surface area (Å²) in [7, 11) is 1.86. The lowest BCUT2D eigenvalue weighted by atomic mass is 9.85. The van der Waals surface area contributed by atoms with Gasteiger partial charge in [0.25, 0.3) is 0 Å². The van der Waals surface area contributed by atoms with Crippen LogP contribution in [0.4, 0.5) is 0 Å². The van der Waals surface area contributed by atoms with E-state index in [4.69, 9.17) is 0 Å². The maximum atomic E-state index is 12.5. The predicted octanol–water partition coefficient (Wildman–Crippen LogP) is 2.38. The normalized spacial score (nSPS) is 20.6. The average molecular weight is 381 g/mol. The number of amides is 2. The largest absolute Gasteiger partial charge is 0.350 e. The number of rotatable bonds is 6. The molecular formula is C21H27N5O2.